The molecule has 1 aromatic heterocycles. The van der Waals surface area contributed by atoms with E-state index in [1.807, 2.05) is 0 Å². The fraction of sp³-hybridized carbons (Fsp3) is 0.111. The van der Waals surface area contributed by atoms with Crippen molar-refractivity contribution in [1.82, 2.24) is 4.72 Å². The van der Waals surface area contributed by atoms with Crippen molar-refractivity contribution in [2.75, 3.05) is 6.54 Å². The van der Waals surface area contributed by atoms with Gasteiger partial charge in [-0.15, -0.1) is 0 Å². The quantitative estimate of drug-likeness (QED) is 0.602. The van der Waals surface area contributed by atoms with Crippen molar-refractivity contribution >= 4 is 31.5 Å². The third-order valence-electron chi connectivity index (χ3n) is 3.96. The maximum absolute atomic E-state index is 13.1. The van der Waals surface area contributed by atoms with Gasteiger partial charge in [0.1, 0.15) is 16.8 Å². The number of benzene rings is 2. The van der Waals surface area contributed by atoms with Gasteiger partial charge in [0.15, 0.2) is 9.84 Å². The van der Waals surface area contributed by atoms with Gasteiger partial charge in [0.05, 0.1) is 16.1 Å². The molecule has 0 aliphatic rings. The molecule has 2 aromatic carbocycles. The minimum Gasteiger partial charge on any atom is -0.468 e. The number of hydrogen-bond donors (Lipinski definition) is 1. The van der Waals surface area contributed by atoms with Gasteiger partial charge in [-0.1, -0.05) is 11.6 Å². The summed E-state index contributed by atoms with van der Waals surface area (Å²) < 4.78 is 71.5. The zero-order valence-electron chi connectivity index (χ0n) is 14.2. The molecule has 1 N–H and O–H groups in total. The molecule has 28 heavy (non-hydrogen) atoms. The first-order valence-corrected chi connectivity index (χ1v) is 11.4. The summed E-state index contributed by atoms with van der Waals surface area (Å²) in [4.78, 5) is -0.213. The van der Waals surface area contributed by atoms with Gasteiger partial charge in [-0.25, -0.2) is 25.9 Å². The molecular weight excluding hydrogens is 429 g/mol. The van der Waals surface area contributed by atoms with Crippen molar-refractivity contribution in [3.8, 4) is 0 Å². The van der Waals surface area contributed by atoms with Gasteiger partial charge in [-0.3, -0.25) is 0 Å². The Morgan fingerprint density at radius 2 is 1.54 bits per heavy atom. The SMILES string of the molecule is O=S(=O)(NC[C@@H](c1ccco1)S(=O)(=O)c1ccc(Cl)cc1)c1ccc(F)cc1. The highest BCUT2D eigenvalue weighted by Gasteiger charge is 2.33. The van der Waals surface area contributed by atoms with Crippen LogP contribution in [-0.2, 0) is 19.9 Å². The van der Waals surface area contributed by atoms with Crippen LogP contribution in [0.1, 0.15) is 11.0 Å². The first-order chi connectivity index (χ1) is 13.2. The largest absolute Gasteiger partial charge is 0.468 e. The Labute approximate surface area is 166 Å². The van der Waals surface area contributed by atoms with Crippen LogP contribution in [0, 0.1) is 5.82 Å². The predicted octanol–water partition coefficient (Wildman–Crippen LogP) is 3.57. The smallest absolute Gasteiger partial charge is 0.240 e. The highest BCUT2D eigenvalue weighted by Crippen LogP contribution is 2.30. The minimum absolute atomic E-state index is 0.0284. The summed E-state index contributed by atoms with van der Waals surface area (Å²) in [5.41, 5.74) is 0. The van der Waals surface area contributed by atoms with Crippen LogP contribution in [0.5, 0.6) is 0 Å². The Morgan fingerprint density at radius 3 is 2.11 bits per heavy atom. The van der Waals surface area contributed by atoms with Crippen LogP contribution in [0.15, 0.2) is 81.1 Å². The first-order valence-electron chi connectivity index (χ1n) is 7.98. The van der Waals surface area contributed by atoms with Gasteiger partial charge in [-0.2, -0.15) is 0 Å². The lowest BCUT2D eigenvalue weighted by Gasteiger charge is -2.17. The molecule has 1 atom stereocenters. The molecule has 0 saturated carbocycles. The number of sulfone groups is 1. The summed E-state index contributed by atoms with van der Waals surface area (Å²) in [6.07, 6.45) is 1.30. The molecule has 6 nitrogen and oxygen atoms in total. The second kappa shape index (κ2) is 8.04. The van der Waals surface area contributed by atoms with E-state index in [4.69, 9.17) is 16.0 Å². The van der Waals surface area contributed by atoms with E-state index in [1.165, 1.54) is 42.7 Å². The molecule has 0 unspecified atom stereocenters. The fourth-order valence-corrected chi connectivity index (χ4v) is 5.37. The van der Waals surface area contributed by atoms with Crippen molar-refractivity contribution in [1.29, 1.82) is 0 Å². The topological polar surface area (TPSA) is 93.4 Å². The molecular formula is C18H15ClFNO5S2. The number of hydrogen-bond acceptors (Lipinski definition) is 5. The molecule has 0 bridgehead atoms. The molecule has 0 saturated heterocycles. The van der Waals surface area contributed by atoms with E-state index in [-0.39, 0.29) is 15.6 Å². The Bertz CT molecular complexity index is 1140. The van der Waals surface area contributed by atoms with Crippen LogP contribution in [0.4, 0.5) is 4.39 Å². The lowest BCUT2D eigenvalue weighted by Crippen LogP contribution is -2.31. The van der Waals surface area contributed by atoms with Crippen LogP contribution >= 0.6 is 11.6 Å². The van der Waals surface area contributed by atoms with Gasteiger partial charge >= 0.3 is 0 Å². The number of sulfonamides is 1. The van der Waals surface area contributed by atoms with Crippen LogP contribution in [0.2, 0.25) is 5.02 Å². The number of furan rings is 1. The third kappa shape index (κ3) is 4.44. The summed E-state index contributed by atoms with van der Waals surface area (Å²) >= 11 is 5.81. The molecule has 0 aliphatic heterocycles. The van der Waals surface area contributed by atoms with Crippen LogP contribution in [0.3, 0.4) is 0 Å². The lowest BCUT2D eigenvalue weighted by atomic mass is 10.3. The Balaban J connectivity index is 1.91. The van der Waals surface area contributed by atoms with E-state index in [0.29, 0.717) is 5.02 Å². The Kier molecular flexibility index (Phi) is 5.90. The molecule has 10 heteroatoms. The van der Waals surface area contributed by atoms with Gasteiger partial charge in [0.25, 0.3) is 0 Å². The summed E-state index contributed by atoms with van der Waals surface area (Å²) in [6, 6.07) is 12.7. The minimum atomic E-state index is -4.06. The molecule has 3 aromatic rings. The second-order valence-electron chi connectivity index (χ2n) is 5.81. The fourth-order valence-electron chi connectivity index (χ4n) is 2.51. The van der Waals surface area contributed by atoms with Crippen molar-refractivity contribution in [2.45, 2.75) is 15.0 Å². The van der Waals surface area contributed by atoms with E-state index in [2.05, 4.69) is 4.72 Å². The molecule has 1 heterocycles. The molecule has 148 valence electrons. The van der Waals surface area contributed by atoms with Gasteiger partial charge < -0.3 is 4.42 Å². The molecule has 3 rings (SSSR count). The van der Waals surface area contributed by atoms with E-state index < -0.39 is 37.5 Å². The normalized spacial score (nSPS) is 13.4. The maximum Gasteiger partial charge on any atom is 0.240 e. The molecule has 0 aliphatic carbocycles. The Morgan fingerprint density at radius 1 is 0.929 bits per heavy atom. The van der Waals surface area contributed by atoms with Gasteiger partial charge in [0.2, 0.25) is 10.0 Å². The molecule has 0 radical (unpaired) electrons. The number of halogens is 2. The highest BCUT2D eigenvalue weighted by atomic mass is 35.5. The predicted molar refractivity (Wildman–Crippen MR) is 102 cm³/mol. The highest BCUT2D eigenvalue weighted by molar-refractivity contribution is 7.92. The third-order valence-corrected chi connectivity index (χ3v) is 7.73. The zero-order valence-corrected chi connectivity index (χ0v) is 16.6. The average Bonchev–Trinajstić information content (AvgIpc) is 3.16. The monoisotopic (exact) mass is 443 g/mol. The van der Waals surface area contributed by atoms with Crippen molar-refractivity contribution in [3.05, 3.63) is 83.5 Å². The van der Waals surface area contributed by atoms with Crippen molar-refractivity contribution in [3.63, 3.8) is 0 Å². The second-order valence-corrected chi connectivity index (χ2v) is 10.1. The zero-order chi connectivity index (χ0) is 20.4. The molecule has 0 amide bonds. The van der Waals surface area contributed by atoms with E-state index in [9.17, 15) is 21.2 Å². The van der Waals surface area contributed by atoms with Crippen molar-refractivity contribution in [2.24, 2.45) is 0 Å². The number of rotatable bonds is 7. The number of nitrogens with one attached hydrogen (secondary N) is 1. The van der Waals surface area contributed by atoms with Crippen molar-refractivity contribution < 1.29 is 25.6 Å². The van der Waals surface area contributed by atoms with Crippen LogP contribution < -0.4 is 4.72 Å². The molecule has 0 fully saturated rings. The van der Waals surface area contributed by atoms with E-state index in [1.54, 1.807) is 0 Å². The van der Waals surface area contributed by atoms with Gasteiger partial charge in [0, 0.05) is 11.6 Å². The van der Waals surface area contributed by atoms with E-state index >= 15 is 0 Å². The summed E-state index contributed by atoms with van der Waals surface area (Å²) in [6.45, 7) is -0.474. The molecule has 0 spiro atoms. The average molecular weight is 444 g/mol. The van der Waals surface area contributed by atoms with E-state index in [0.717, 1.165) is 24.3 Å². The summed E-state index contributed by atoms with van der Waals surface area (Å²) in [5, 5.41) is -0.940. The lowest BCUT2D eigenvalue weighted by molar-refractivity contribution is 0.486. The Hall–Kier alpha value is -2.20. The maximum atomic E-state index is 13.1. The summed E-state index contributed by atoms with van der Waals surface area (Å²) in [7, 11) is -8.05. The summed E-state index contributed by atoms with van der Waals surface area (Å²) in [5.74, 6) is -0.505. The van der Waals surface area contributed by atoms with Crippen LogP contribution in [0.25, 0.3) is 0 Å². The first kappa shape index (κ1) is 20.5. The van der Waals surface area contributed by atoms with Gasteiger partial charge in [-0.05, 0) is 60.7 Å². The van der Waals surface area contributed by atoms with Crippen LogP contribution in [-0.4, -0.2) is 23.4 Å². The standard InChI is InChI=1S/C18H15ClFNO5S2/c19-13-3-7-15(8-4-13)27(22,23)18(17-2-1-11-26-17)12-21-28(24,25)16-9-5-14(20)6-10-16/h1-11,18,21H,12H2/t18-/m0/s1.